The van der Waals surface area contributed by atoms with Gasteiger partial charge < -0.3 is 19.9 Å². The molecule has 156 valence electrons. The summed E-state index contributed by atoms with van der Waals surface area (Å²) in [4.78, 5) is 27.7. The van der Waals surface area contributed by atoms with Gasteiger partial charge in [0.05, 0.1) is 15.6 Å². The lowest BCUT2D eigenvalue weighted by atomic mass is 10.1. The molecule has 2 heterocycles. The van der Waals surface area contributed by atoms with Gasteiger partial charge in [0.2, 0.25) is 0 Å². The Morgan fingerprint density at radius 3 is 2.71 bits per heavy atom. The monoisotopic (exact) mass is 458 g/mol. The molecule has 1 saturated heterocycles. The lowest BCUT2D eigenvalue weighted by molar-refractivity contribution is -0.115. The first-order valence-electron chi connectivity index (χ1n) is 8.71. The number of phenols is 1. The molecule has 3 N–H and O–H groups in total. The molecule has 0 atom stereocenters. The molecule has 0 spiro atoms. The van der Waals surface area contributed by atoms with Crippen LogP contribution in [0.25, 0.3) is 17.4 Å². The van der Waals surface area contributed by atoms with Crippen molar-refractivity contribution in [2.75, 3.05) is 0 Å². The third-order valence-corrected chi connectivity index (χ3v) is 5.41. The van der Waals surface area contributed by atoms with Crippen molar-refractivity contribution in [2.45, 2.75) is 0 Å². The van der Waals surface area contributed by atoms with Crippen molar-refractivity contribution in [3.05, 3.63) is 75.6 Å². The topological polar surface area (TPSA) is 112 Å². The molecular weight excluding hydrogens is 447 g/mol. The van der Waals surface area contributed by atoms with Gasteiger partial charge in [-0.05, 0) is 48.2 Å². The molecule has 4 rings (SSSR count). The minimum Gasteiger partial charge on any atom is -0.507 e. The van der Waals surface area contributed by atoms with Crippen molar-refractivity contribution in [2.24, 2.45) is 4.99 Å². The minimum absolute atomic E-state index is 0.0211. The average molecular weight is 459 g/mol. The number of thioether (sulfide) groups is 1. The van der Waals surface area contributed by atoms with Crippen LogP contribution in [0.15, 0.2) is 62.8 Å². The van der Waals surface area contributed by atoms with E-state index in [2.05, 4.69) is 10.3 Å². The summed E-state index contributed by atoms with van der Waals surface area (Å²) in [5.74, 6) is -1.87. The number of carboxylic acids is 1. The smallest absolute Gasteiger partial charge is 0.339 e. The quantitative estimate of drug-likeness (QED) is 0.472. The maximum atomic E-state index is 13.6. The lowest BCUT2D eigenvalue weighted by Crippen LogP contribution is -2.19. The molecule has 1 fully saturated rings. The van der Waals surface area contributed by atoms with Gasteiger partial charge in [0, 0.05) is 17.7 Å². The van der Waals surface area contributed by atoms with Crippen LogP contribution in [0, 0.1) is 5.82 Å². The van der Waals surface area contributed by atoms with Crippen molar-refractivity contribution < 1.29 is 28.6 Å². The average Bonchev–Trinajstić information content (AvgIpc) is 3.31. The Morgan fingerprint density at radius 1 is 1.19 bits per heavy atom. The Hall–Kier alpha value is -3.56. The summed E-state index contributed by atoms with van der Waals surface area (Å²) in [6.45, 7) is 0. The third kappa shape index (κ3) is 4.47. The first kappa shape index (κ1) is 20.7. The zero-order valence-corrected chi connectivity index (χ0v) is 17.0. The van der Waals surface area contributed by atoms with E-state index in [0.29, 0.717) is 27.7 Å². The largest absolute Gasteiger partial charge is 0.507 e. The molecule has 2 aromatic carbocycles. The highest BCUT2D eigenvalue weighted by Crippen LogP contribution is 2.32. The number of rotatable bonds is 4. The Balaban J connectivity index is 1.54. The lowest BCUT2D eigenvalue weighted by Gasteiger charge is -2.02. The van der Waals surface area contributed by atoms with Gasteiger partial charge in [-0.1, -0.05) is 17.7 Å². The molecule has 1 aliphatic heterocycles. The van der Waals surface area contributed by atoms with Crippen LogP contribution in [0.1, 0.15) is 16.1 Å². The Labute approximate surface area is 183 Å². The van der Waals surface area contributed by atoms with Crippen molar-refractivity contribution in [1.82, 2.24) is 5.32 Å². The number of halogens is 2. The van der Waals surface area contributed by atoms with Crippen molar-refractivity contribution >= 4 is 52.2 Å². The van der Waals surface area contributed by atoms with E-state index < -0.39 is 11.8 Å². The summed E-state index contributed by atoms with van der Waals surface area (Å²) in [6.07, 6.45) is 1.51. The van der Waals surface area contributed by atoms with Gasteiger partial charge in [0.25, 0.3) is 5.91 Å². The number of hydrogen-bond donors (Lipinski definition) is 3. The van der Waals surface area contributed by atoms with E-state index in [4.69, 9.17) is 21.1 Å². The number of benzene rings is 2. The van der Waals surface area contributed by atoms with Crippen LogP contribution in [0.4, 0.5) is 10.1 Å². The second-order valence-electron chi connectivity index (χ2n) is 6.32. The molecule has 7 nitrogen and oxygen atoms in total. The number of amides is 1. The summed E-state index contributed by atoms with van der Waals surface area (Å²) < 4.78 is 19.2. The number of hydrogen-bond acceptors (Lipinski definition) is 6. The fourth-order valence-corrected chi connectivity index (χ4v) is 3.67. The molecule has 0 bridgehead atoms. The Bertz CT molecular complexity index is 1280. The zero-order valence-electron chi connectivity index (χ0n) is 15.4. The van der Waals surface area contributed by atoms with Crippen LogP contribution in [0.5, 0.6) is 5.75 Å². The van der Waals surface area contributed by atoms with Crippen LogP contribution in [0.2, 0.25) is 5.02 Å². The van der Waals surface area contributed by atoms with Gasteiger partial charge in [0.1, 0.15) is 28.7 Å². The highest BCUT2D eigenvalue weighted by molar-refractivity contribution is 8.18. The summed E-state index contributed by atoms with van der Waals surface area (Å²) in [5, 5.41) is 21.7. The van der Waals surface area contributed by atoms with Crippen molar-refractivity contribution in [3.63, 3.8) is 0 Å². The molecule has 31 heavy (non-hydrogen) atoms. The second kappa shape index (κ2) is 8.29. The van der Waals surface area contributed by atoms with Crippen molar-refractivity contribution in [1.29, 1.82) is 0 Å². The molecule has 0 aliphatic carbocycles. The van der Waals surface area contributed by atoms with Crippen LogP contribution < -0.4 is 5.32 Å². The number of aromatic carboxylic acids is 1. The highest BCUT2D eigenvalue weighted by Gasteiger charge is 2.24. The molecular formula is C21H12ClFN2O5S. The summed E-state index contributed by atoms with van der Waals surface area (Å²) in [5.41, 5.74) is 0.558. The van der Waals surface area contributed by atoms with Crippen LogP contribution in [-0.2, 0) is 4.79 Å². The van der Waals surface area contributed by atoms with Gasteiger partial charge >= 0.3 is 5.97 Å². The van der Waals surface area contributed by atoms with Gasteiger partial charge in [-0.3, -0.25) is 4.79 Å². The Morgan fingerprint density at radius 2 is 2.00 bits per heavy atom. The van der Waals surface area contributed by atoms with Crippen molar-refractivity contribution in [3.8, 4) is 17.1 Å². The van der Waals surface area contributed by atoms with E-state index in [9.17, 15) is 19.1 Å². The number of nitrogens with one attached hydrogen (secondary N) is 1. The van der Waals surface area contributed by atoms with Gasteiger partial charge in [0.15, 0.2) is 5.17 Å². The van der Waals surface area contributed by atoms with E-state index in [1.807, 2.05) is 0 Å². The molecule has 1 aromatic heterocycles. The van der Waals surface area contributed by atoms with Gasteiger partial charge in [-0.15, -0.1) is 0 Å². The zero-order chi connectivity index (χ0) is 22.1. The first-order chi connectivity index (χ1) is 14.8. The normalized spacial score (nSPS) is 16.1. The molecule has 0 saturated carbocycles. The maximum absolute atomic E-state index is 13.6. The minimum atomic E-state index is -1.24. The van der Waals surface area contributed by atoms with Gasteiger partial charge in [-0.2, -0.15) is 0 Å². The van der Waals surface area contributed by atoms with E-state index >= 15 is 0 Å². The van der Waals surface area contributed by atoms with E-state index in [1.165, 1.54) is 36.4 Å². The molecule has 0 radical (unpaired) electrons. The van der Waals surface area contributed by atoms with Crippen LogP contribution in [0.3, 0.4) is 0 Å². The third-order valence-electron chi connectivity index (χ3n) is 4.20. The van der Waals surface area contributed by atoms with Crippen LogP contribution in [-0.4, -0.2) is 27.3 Å². The van der Waals surface area contributed by atoms with E-state index in [1.54, 1.807) is 12.1 Å². The fourth-order valence-electron chi connectivity index (χ4n) is 2.73. The summed E-state index contributed by atoms with van der Waals surface area (Å²) in [7, 11) is 0. The Kier molecular flexibility index (Phi) is 5.53. The first-order valence-corrected chi connectivity index (χ1v) is 9.91. The standard InChI is InChI=1S/C21H12ClFN2O5S/c22-14-5-2-11(8-15(14)23)24-21-25-19(27)18(31-21)9-12-3-6-17(30-12)10-1-4-13(20(28)29)16(26)7-10/h1-9,26H,(H,28,29)(H,24,25,27)/b18-9-. The number of nitrogens with zero attached hydrogens (tertiary/aromatic N) is 1. The maximum Gasteiger partial charge on any atom is 0.339 e. The predicted molar refractivity (Wildman–Crippen MR) is 115 cm³/mol. The number of aromatic hydroxyl groups is 1. The fraction of sp³-hybridized carbons (Fsp3) is 0. The molecule has 10 heteroatoms. The molecule has 1 amide bonds. The summed E-state index contributed by atoms with van der Waals surface area (Å²) >= 11 is 6.71. The molecule has 0 unspecified atom stereocenters. The predicted octanol–water partition coefficient (Wildman–Crippen LogP) is 5.03. The highest BCUT2D eigenvalue weighted by atomic mass is 35.5. The van der Waals surface area contributed by atoms with E-state index in [-0.39, 0.29) is 27.4 Å². The number of carboxylic acid groups (broad SMARTS) is 1. The number of aliphatic imine (C=N–C) groups is 1. The number of carbonyl (C=O) groups is 2. The van der Waals surface area contributed by atoms with E-state index in [0.717, 1.165) is 17.8 Å². The van der Waals surface area contributed by atoms with Crippen LogP contribution >= 0.6 is 23.4 Å². The molecule has 1 aliphatic rings. The second-order valence-corrected chi connectivity index (χ2v) is 7.76. The number of furan rings is 1. The molecule has 3 aromatic rings. The SMILES string of the molecule is O=C1NC(=Nc2ccc(Cl)c(F)c2)S/C1=C\c1ccc(-c2ccc(C(=O)O)c(O)c2)o1. The van der Waals surface area contributed by atoms with Gasteiger partial charge in [-0.25, -0.2) is 14.2 Å². The number of carbonyl (C=O) groups excluding carboxylic acids is 1. The number of amidine groups is 1. The summed E-state index contributed by atoms with van der Waals surface area (Å²) in [6, 6.07) is 11.4.